The Morgan fingerprint density at radius 3 is 2.84 bits per heavy atom. The van der Waals surface area contributed by atoms with Gasteiger partial charge in [-0.3, -0.25) is 4.79 Å². The number of fused-ring (bicyclic) bond motifs is 3. The summed E-state index contributed by atoms with van der Waals surface area (Å²) < 4.78 is 2.32. The van der Waals surface area contributed by atoms with Crippen LogP contribution < -0.4 is 5.32 Å². The van der Waals surface area contributed by atoms with Crippen molar-refractivity contribution in [3.63, 3.8) is 0 Å². The summed E-state index contributed by atoms with van der Waals surface area (Å²) in [6, 6.07) is 16.1. The van der Waals surface area contributed by atoms with E-state index in [0.29, 0.717) is 12.1 Å². The topological polar surface area (TPSA) is 46.9 Å². The Labute approximate surface area is 147 Å². The largest absolute Gasteiger partial charge is 0.352 e. The van der Waals surface area contributed by atoms with Crippen LogP contribution in [0, 0.1) is 0 Å². The van der Waals surface area contributed by atoms with Gasteiger partial charge >= 0.3 is 0 Å². The number of amides is 1. The summed E-state index contributed by atoms with van der Waals surface area (Å²) in [4.78, 5) is 17.2. The number of carbonyl (C=O) groups excluding carboxylic acids is 1. The van der Waals surface area contributed by atoms with E-state index in [1.807, 2.05) is 36.4 Å². The van der Waals surface area contributed by atoms with Crippen LogP contribution in [-0.4, -0.2) is 22.0 Å². The number of rotatable bonds is 4. The van der Waals surface area contributed by atoms with Gasteiger partial charge in [0, 0.05) is 25.1 Å². The maximum atomic E-state index is 12.4. The SMILES string of the molecule is O=C(NCCc1ccccc1)c1ccc2c(c1)nc1n2CCCCC1. The molecule has 128 valence electrons. The molecule has 1 aromatic heterocycles. The van der Waals surface area contributed by atoms with Crippen molar-refractivity contribution >= 4 is 16.9 Å². The van der Waals surface area contributed by atoms with Gasteiger partial charge in [0.05, 0.1) is 11.0 Å². The molecular formula is C21H23N3O. The third kappa shape index (κ3) is 3.43. The van der Waals surface area contributed by atoms with Gasteiger partial charge < -0.3 is 9.88 Å². The molecule has 4 rings (SSSR count). The molecule has 2 heterocycles. The van der Waals surface area contributed by atoms with Gasteiger partial charge in [-0.25, -0.2) is 4.98 Å². The van der Waals surface area contributed by atoms with E-state index in [0.717, 1.165) is 36.2 Å². The number of imidazole rings is 1. The van der Waals surface area contributed by atoms with Gasteiger partial charge in [-0.2, -0.15) is 0 Å². The fourth-order valence-electron chi connectivity index (χ4n) is 3.56. The molecule has 1 aliphatic heterocycles. The van der Waals surface area contributed by atoms with E-state index in [2.05, 4.69) is 22.0 Å². The molecule has 0 saturated carbocycles. The van der Waals surface area contributed by atoms with Crippen molar-refractivity contribution in [1.82, 2.24) is 14.9 Å². The molecule has 0 aliphatic carbocycles. The van der Waals surface area contributed by atoms with E-state index in [9.17, 15) is 4.79 Å². The summed E-state index contributed by atoms with van der Waals surface area (Å²) in [6.07, 6.45) is 5.56. The van der Waals surface area contributed by atoms with Crippen molar-refractivity contribution < 1.29 is 4.79 Å². The summed E-state index contributed by atoms with van der Waals surface area (Å²) in [6.45, 7) is 1.68. The minimum Gasteiger partial charge on any atom is -0.352 e. The van der Waals surface area contributed by atoms with Crippen molar-refractivity contribution in [2.24, 2.45) is 0 Å². The lowest BCUT2D eigenvalue weighted by Crippen LogP contribution is -2.25. The molecule has 0 unspecified atom stereocenters. The molecule has 1 N–H and O–H groups in total. The van der Waals surface area contributed by atoms with Crippen LogP contribution in [0.1, 0.15) is 41.0 Å². The van der Waals surface area contributed by atoms with Crippen molar-refractivity contribution in [2.75, 3.05) is 6.54 Å². The highest BCUT2D eigenvalue weighted by molar-refractivity contribution is 5.97. The smallest absolute Gasteiger partial charge is 0.251 e. The molecule has 0 spiro atoms. The summed E-state index contributed by atoms with van der Waals surface area (Å²) in [5, 5.41) is 3.01. The Morgan fingerprint density at radius 2 is 1.96 bits per heavy atom. The quantitative estimate of drug-likeness (QED) is 0.791. The zero-order chi connectivity index (χ0) is 17.1. The molecule has 4 nitrogen and oxygen atoms in total. The predicted octanol–water partition coefficient (Wildman–Crippen LogP) is 3.74. The number of hydrogen-bond acceptors (Lipinski definition) is 2. The van der Waals surface area contributed by atoms with Crippen LogP contribution in [0.3, 0.4) is 0 Å². The van der Waals surface area contributed by atoms with E-state index in [1.54, 1.807) is 0 Å². The van der Waals surface area contributed by atoms with Crippen molar-refractivity contribution in [2.45, 2.75) is 38.6 Å². The summed E-state index contributed by atoms with van der Waals surface area (Å²) in [7, 11) is 0. The second-order valence-corrected chi connectivity index (χ2v) is 6.69. The highest BCUT2D eigenvalue weighted by Gasteiger charge is 2.15. The van der Waals surface area contributed by atoms with E-state index in [-0.39, 0.29) is 5.91 Å². The number of hydrogen-bond donors (Lipinski definition) is 1. The number of benzene rings is 2. The van der Waals surface area contributed by atoms with Crippen LogP contribution in [0.25, 0.3) is 11.0 Å². The molecule has 3 aromatic rings. The summed E-state index contributed by atoms with van der Waals surface area (Å²) in [5.41, 5.74) is 4.01. The lowest BCUT2D eigenvalue weighted by atomic mass is 10.1. The summed E-state index contributed by atoms with van der Waals surface area (Å²) in [5.74, 6) is 1.13. The monoisotopic (exact) mass is 333 g/mol. The minimum absolute atomic E-state index is 0.0268. The Morgan fingerprint density at radius 1 is 1.08 bits per heavy atom. The number of carbonyl (C=O) groups is 1. The Bertz CT molecular complexity index is 883. The normalized spacial score (nSPS) is 14.1. The molecule has 1 amide bonds. The summed E-state index contributed by atoms with van der Waals surface area (Å²) >= 11 is 0. The first-order valence-corrected chi connectivity index (χ1v) is 9.12. The lowest BCUT2D eigenvalue weighted by Gasteiger charge is -2.07. The molecule has 25 heavy (non-hydrogen) atoms. The highest BCUT2D eigenvalue weighted by atomic mass is 16.1. The molecule has 0 radical (unpaired) electrons. The standard InChI is InChI=1S/C21H23N3O/c25-21(22-13-12-16-7-3-1-4-8-16)17-10-11-19-18(15-17)23-20-9-5-2-6-14-24(19)20/h1,3-4,7-8,10-11,15H,2,5-6,9,12-14H2,(H,22,25). The molecule has 1 aliphatic rings. The first-order chi connectivity index (χ1) is 12.3. The van der Waals surface area contributed by atoms with Gasteiger partial charge in [0.1, 0.15) is 5.82 Å². The number of aryl methyl sites for hydroxylation is 2. The molecule has 0 saturated heterocycles. The first-order valence-electron chi connectivity index (χ1n) is 9.12. The third-order valence-corrected chi connectivity index (χ3v) is 4.91. The van der Waals surface area contributed by atoms with Crippen LogP contribution in [0.5, 0.6) is 0 Å². The Balaban J connectivity index is 1.46. The van der Waals surface area contributed by atoms with Gasteiger partial charge in [0.15, 0.2) is 0 Å². The van der Waals surface area contributed by atoms with Crippen LogP contribution in [-0.2, 0) is 19.4 Å². The number of nitrogens with zero attached hydrogens (tertiary/aromatic N) is 2. The average Bonchev–Trinajstić information content (AvgIpc) is 2.82. The van der Waals surface area contributed by atoms with Gasteiger partial charge in [-0.1, -0.05) is 36.8 Å². The van der Waals surface area contributed by atoms with Gasteiger partial charge in [0.25, 0.3) is 5.91 Å². The third-order valence-electron chi connectivity index (χ3n) is 4.91. The minimum atomic E-state index is -0.0268. The highest BCUT2D eigenvalue weighted by Crippen LogP contribution is 2.22. The Kier molecular flexibility index (Phi) is 4.51. The average molecular weight is 333 g/mol. The van der Waals surface area contributed by atoms with Crippen LogP contribution in [0.2, 0.25) is 0 Å². The van der Waals surface area contributed by atoms with Crippen LogP contribution in [0.15, 0.2) is 48.5 Å². The first kappa shape index (κ1) is 15.9. The second-order valence-electron chi connectivity index (χ2n) is 6.69. The van der Waals surface area contributed by atoms with Crippen LogP contribution >= 0.6 is 0 Å². The van der Waals surface area contributed by atoms with E-state index in [4.69, 9.17) is 4.98 Å². The zero-order valence-electron chi connectivity index (χ0n) is 14.4. The number of aromatic nitrogens is 2. The maximum Gasteiger partial charge on any atom is 0.251 e. The van der Waals surface area contributed by atoms with Crippen molar-refractivity contribution in [3.8, 4) is 0 Å². The molecule has 0 atom stereocenters. The fraction of sp³-hybridized carbons (Fsp3) is 0.333. The molecule has 0 bridgehead atoms. The van der Waals surface area contributed by atoms with E-state index in [1.165, 1.54) is 24.8 Å². The fourth-order valence-corrected chi connectivity index (χ4v) is 3.56. The van der Waals surface area contributed by atoms with Crippen molar-refractivity contribution in [1.29, 1.82) is 0 Å². The maximum absolute atomic E-state index is 12.4. The molecular weight excluding hydrogens is 310 g/mol. The van der Waals surface area contributed by atoms with Gasteiger partial charge in [0.2, 0.25) is 0 Å². The van der Waals surface area contributed by atoms with Crippen LogP contribution in [0.4, 0.5) is 0 Å². The van der Waals surface area contributed by atoms with Gasteiger partial charge in [-0.15, -0.1) is 0 Å². The molecule has 4 heteroatoms. The van der Waals surface area contributed by atoms with Crippen molar-refractivity contribution in [3.05, 3.63) is 65.5 Å². The zero-order valence-corrected chi connectivity index (χ0v) is 14.4. The van der Waals surface area contributed by atoms with E-state index >= 15 is 0 Å². The molecule has 2 aromatic carbocycles. The number of nitrogens with one attached hydrogen (secondary N) is 1. The van der Waals surface area contributed by atoms with Gasteiger partial charge in [-0.05, 0) is 43.0 Å². The van der Waals surface area contributed by atoms with E-state index < -0.39 is 0 Å². The predicted molar refractivity (Wildman–Crippen MR) is 99.8 cm³/mol. The molecule has 0 fully saturated rings. The Hall–Kier alpha value is -2.62. The second kappa shape index (κ2) is 7.09. The lowest BCUT2D eigenvalue weighted by molar-refractivity contribution is 0.0954.